The molecule has 1 amide bonds. The summed E-state index contributed by atoms with van der Waals surface area (Å²) in [7, 11) is 1.54. The molecular formula is C23H25NO5. The highest BCUT2D eigenvalue weighted by atomic mass is 16.5. The third-order valence-electron chi connectivity index (χ3n) is 4.89. The van der Waals surface area contributed by atoms with Crippen LogP contribution in [0.2, 0.25) is 0 Å². The second-order valence-corrected chi connectivity index (χ2v) is 6.86. The molecule has 0 aromatic heterocycles. The Morgan fingerprint density at radius 2 is 1.86 bits per heavy atom. The number of hydrogen-bond acceptors (Lipinski definition) is 5. The Hall–Kier alpha value is -3.12. The molecule has 3 rings (SSSR count). The van der Waals surface area contributed by atoms with Gasteiger partial charge in [0.25, 0.3) is 11.7 Å². The zero-order valence-corrected chi connectivity index (χ0v) is 16.8. The van der Waals surface area contributed by atoms with Crippen LogP contribution in [0.25, 0.3) is 5.76 Å². The third kappa shape index (κ3) is 4.17. The largest absolute Gasteiger partial charge is 0.507 e. The number of nitrogens with zero attached hydrogens (tertiary/aromatic N) is 1. The van der Waals surface area contributed by atoms with Gasteiger partial charge in [0.2, 0.25) is 0 Å². The molecule has 1 N–H and O–H groups in total. The van der Waals surface area contributed by atoms with Gasteiger partial charge in [-0.1, -0.05) is 42.0 Å². The standard InChI is InChI=1S/C23H25NO5/c1-4-29-18-7-5-6-17(14-18)21(25)19-20(16-10-8-15(2)9-11-16)24(12-13-28-3)23(27)22(19)26/h5-11,14,20,25H,4,12-13H2,1-3H3/b21-19+. The van der Waals surface area contributed by atoms with Crippen LogP contribution in [0.1, 0.15) is 29.7 Å². The SMILES string of the molecule is CCOc1cccc(/C(O)=C2\C(=O)C(=O)N(CCOC)C2c2ccc(C)cc2)c1. The highest BCUT2D eigenvalue weighted by Gasteiger charge is 2.45. The van der Waals surface area contributed by atoms with Crippen LogP contribution in [-0.2, 0) is 14.3 Å². The first-order valence-electron chi connectivity index (χ1n) is 9.55. The van der Waals surface area contributed by atoms with Crippen molar-refractivity contribution in [2.75, 3.05) is 26.9 Å². The molecule has 0 radical (unpaired) electrons. The quantitative estimate of drug-likeness (QED) is 0.441. The van der Waals surface area contributed by atoms with E-state index in [1.54, 1.807) is 24.3 Å². The van der Waals surface area contributed by atoms with Crippen LogP contribution in [0.5, 0.6) is 5.75 Å². The number of carbonyl (C=O) groups is 2. The summed E-state index contributed by atoms with van der Waals surface area (Å²) in [6.45, 7) is 4.84. The van der Waals surface area contributed by atoms with Crippen molar-refractivity contribution in [1.82, 2.24) is 4.90 Å². The van der Waals surface area contributed by atoms with Crippen LogP contribution in [-0.4, -0.2) is 48.6 Å². The number of methoxy groups -OCH3 is 1. The van der Waals surface area contributed by atoms with E-state index in [4.69, 9.17) is 9.47 Å². The molecule has 2 aromatic carbocycles. The topological polar surface area (TPSA) is 76.1 Å². The van der Waals surface area contributed by atoms with E-state index in [9.17, 15) is 14.7 Å². The molecule has 0 aliphatic carbocycles. The summed E-state index contributed by atoms with van der Waals surface area (Å²) in [5.74, 6) is -0.978. The van der Waals surface area contributed by atoms with E-state index >= 15 is 0 Å². The average molecular weight is 395 g/mol. The van der Waals surface area contributed by atoms with Crippen molar-refractivity contribution >= 4 is 17.4 Å². The summed E-state index contributed by atoms with van der Waals surface area (Å²) >= 11 is 0. The number of benzene rings is 2. The number of rotatable bonds is 7. The minimum atomic E-state index is -0.703. The molecule has 0 spiro atoms. The minimum absolute atomic E-state index is 0.0728. The lowest BCUT2D eigenvalue weighted by molar-refractivity contribution is -0.140. The van der Waals surface area contributed by atoms with E-state index in [-0.39, 0.29) is 24.5 Å². The number of carbonyl (C=O) groups excluding carboxylic acids is 2. The molecular weight excluding hydrogens is 370 g/mol. The van der Waals surface area contributed by atoms with Gasteiger partial charge in [0.15, 0.2) is 0 Å². The van der Waals surface area contributed by atoms with Gasteiger partial charge in [0.1, 0.15) is 11.5 Å². The molecule has 1 fully saturated rings. The van der Waals surface area contributed by atoms with Crippen LogP contribution in [0.3, 0.4) is 0 Å². The Balaban J connectivity index is 2.13. The number of amides is 1. The molecule has 1 unspecified atom stereocenters. The van der Waals surface area contributed by atoms with E-state index in [0.717, 1.165) is 11.1 Å². The van der Waals surface area contributed by atoms with Crippen molar-refractivity contribution < 1.29 is 24.2 Å². The number of aliphatic hydroxyl groups is 1. The van der Waals surface area contributed by atoms with Crippen LogP contribution in [0, 0.1) is 6.92 Å². The highest BCUT2D eigenvalue weighted by Crippen LogP contribution is 2.39. The number of likely N-dealkylation sites (tertiary alicyclic amines) is 1. The molecule has 1 aliphatic heterocycles. The van der Waals surface area contributed by atoms with E-state index in [1.165, 1.54) is 12.0 Å². The van der Waals surface area contributed by atoms with Gasteiger partial charge in [-0.05, 0) is 31.5 Å². The summed E-state index contributed by atoms with van der Waals surface area (Å²) in [6.07, 6.45) is 0. The number of hydrogen-bond donors (Lipinski definition) is 1. The predicted octanol–water partition coefficient (Wildman–Crippen LogP) is 3.46. The molecule has 29 heavy (non-hydrogen) atoms. The van der Waals surface area contributed by atoms with Gasteiger partial charge in [-0.2, -0.15) is 0 Å². The number of ketones is 1. The van der Waals surface area contributed by atoms with E-state index in [1.807, 2.05) is 38.1 Å². The van der Waals surface area contributed by atoms with Gasteiger partial charge in [0, 0.05) is 19.2 Å². The Bertz CT molecular complexity index is 933. The third-order valence-corrected chi connectivity index (χ3v) is 4.89. The molecule has 2 aromatic rings. The highest BCUT2D eigenvalue weighted by molar-refractivity contribution is 6.46. The van der Waals surface area contributed by atoms with Crippen molar-refractivity contribution in [2.45, 2.75) is 19.9 Å². The molecule has 1 saturated heterocycles. The van der Waals surface area contributed by atoms with Crippen molar-refractivity contribution in [3.8, 4) is 5.75 Å². The van der Waals surface area contributed by atoms with Gasteiger partial charge < -0.3 is 19.5 Å². The number of aryl methyl sites for hydroxylation is 1. The minimum Gasteiger partial charge on any atom is -0.507 e. The molecule has 152 valence electrons. The average Bonchev–Trinajstić information content (AvgIpc) is 2.97. The summed E-state index contributed by atoms with van der Waals surface area (Å²) in [6, 6.07) is 13.8. The lowest BCUT2D eigenvalue weighted by Crippen LogP contribution is -2.32. The molecule has 1 heterocycles. The van der Waals surface area contributed by atoms with E-state index in [0.29, 0.717) is 17.9 Å². The summed E-state index contributed by atoms with van der Waals surface area (Å²) in [5.41, 5.74) is 2.32. The number of Topliss-reactive ketones (excluding diaryl/α,β-unsaturated/α-hetero) is 1. The monoisotopic (exact) mass is 395 g/mol. The van der Waals surface area contributed by atoms with Gasteiger partial charge >= 0.3 is 0 Å². The van der Waals surface area contributed by atoms with Crippen LogP contribution >= 0.6 is 0 Å². The normalized spacial score (nSPS) is 18.3. The first kappa shape index (κ1) is 20.6. The Labute approximate surface area is 170 Å². The van der Waals surface area contributed by atoms with Crippen molar-refractivity contribution in [3.05, 3.63) is 70.8 Å². The van der Waals surface area contributed by atoms with Gasteiger partial charge in [-0.15, -0.1) is 0 Å². The first-order chi connectivity index (χ1) is 14.0. The number of aliphatic hydroxyl groups excluding tert-OH is 1. The van der Waals surface area contributed by atoms with Crippen LogP contribution < -0.4 is 4.74 Å². The molecule has 1 aliphatic rings. The molecule has 0 bridgehead atoms. The Morgan fingerprint density at radius 3 is 2.52 bits per heavy atom. The van der Waals surface area contributed by atoms with Crippen molar-refractivity contribution in [2.24, 2.45) is 0 Å². The molecule has 1 atom stereocenters. The molecule has 0 saturated carbocycles. The fourth-order valence-electron chi connectivity index (χ4n) is 3.45. The summed E-state index contributed by atoms with van der Waals surface area (Å²) < 4.78 is 10.6. The molecule has 6 heteroatoms. The summed E-state index contributed by atoms with van der Waals surface area (Å²) in [5, 5.41) is 11.0. The lowest BCUT2D eigenvalue weighted by Gasteiger charge is -2.25. The smallest absolute Gasteiger partial charge is 0.295 e. The number of ether oxygens (including phenoxy) is 2. The first-order valence-corrected chi connectivity index (χ1v) is 9.55. The van der Waals surface area contributed by atoms with E-state index in [2.05, 4.69) is 0 Å². The maximum absolute atomic E-state index is 12.9. The Kier molecular flexibility index (Phi) is 6.34. The predicted molar refractivity (Wildman–Crippen MR) is 110 cm³/mol. The van der Waals surface area contributed by atoms with Crippen LogP contribution in [0.15, 0.2) is 54.1 Å². The fourth-order valence-corrected chi connectivity index (χ4v) is 3.45. The van der Waals surface area contributed by atoms with Crippen LogP contribution in [0.4, 0.5) is 0 Å². The van der Waals surface area contributed by atoms with Crippen molar-refractivity contribution in [1.29, 1.82) is 0 Å². The second kappa shape index (κ2) is 8.92. The van der Waals surface area contributed by atoms with Gasteiger partial charge in [-0.3, -0.25) is 9.59 Å². The lowest BCUT2D eigenvalue weighted by atomic mass is 9.94. The van der Waals surface area contributed by atoms with E-state index < -0.39 is 17.7 Å². The van der Waals surface area contributed by atoms with Gasteiger partial charge in [0.05, 0.1) is 24.8 Å². The zero-order valence-electron chi connectivity index (χ0n) is 16.8. The fraction of sp³-hybridized carbons (Fsp3) is 0.304. The molecule has 6 nitrogen and oxygen atoms in total. The van der Waals surface area contributed by atoms with Crippen molar-refractivity contribution in [3.63, 3.8) is 0 Å². The van der Waals surface area contributed by atoms with Gasteiger partial charge in [-0.25, -0.2) is 0 Å². The second-order valence-electron chi connectivity index (χ2n) is 6.86. The summed E-state index contributed by atoms with van der Waals surface area (Å²) in [4.78, 5) is 27.1. The maximum Gasteiger partial charge on any atom is 0.295 e. The Morgan fingerprint density at radius 1 is 1.14 bits per heavy atom. The zero-order chi connectivity index (χ0) is 21.0. The maximum atomic E-state index is 12.9.